The predicted molar refractivity (Wildman–Crippen MR) is 98.2 cm³/mol. The van der Waals surface area contributed by atoms with Gasteiger partial charge in [-0.05, 0) is 36.5 Å². The van der Waals surface area contributed by atoms with E-state index in [1.54, 1.807) is 13.1 Å². The van der Waals surface area contributed by atoms with Crippen molar-refractivity contribution < 1.29 is 9.50 Å². The molecule has 2 rings (SSSR count). The van der Waals surface area contributed by atoms with Gasteiger partial charge in [0, 0.05) is 19.6 Å². The van der Waals surface area contributed by atoms with Crippen LogP contribution in [0.2, 0.25) is 0 Å². The summed E-state index contributed by atoms with van der Waals surface area (Å²) in [4.78, 5) is 4.21. The van der Waals surface area contributed by atoms with E-state index >= 15 is 0 Å². The minimum Gasteiger partial charge on any atom is -0.505 e. The van der Waals surface area contributed by atoms with Gasteiger partial charge in [-0.3, -0.25) is 4.99 Å². The number of aromatic hydroxyl groups is 1. The molecule has 0 heterocycles. The lowest BCUT2D eigenvalue weighted by atomic mass is 9.87. The van der Waals surface area contributed by atoms with Crippen LogP contribution in [-0.2, 0) is 6.54 Å². The summed E-state index contributed by atoms with van der Waals surface area (Å²) in [7, 11) is 1.74. The second kappa shape index (κ2) is 9.17. The largest absolute Gasteiger partial charge is 0.505 e. The van der Waals surface area contributed by atoms with Crippen molar-refractivity contribution in [3.05, 3.63) is 29.6 Å². The fourth-order valence-corrected chi connectivity index (χ4v) is 2.80. The minimum absolute atomic E-state index is 0. The predicted octanol–water partition coefficient (Wildman–Crippen LogP) is 3.39. The SMILES string of the molecule is CN=C(NCc1ccc(O)c(F)c1)NC1CCCC(C)C1.I. The highest BCUT2D eigenvalue weighted by molar-refractivity contribution is 14.0. The summed E-state index contributed by atoms with van der Waals surface area (Å²) < 4.78 is 13.3. The zero-order chi connectivity index (χ0) is 15.2. The quantitative estimate of drug-likeness (QED) is 0.399. The first-order valence-corrected chi connectivity index (χ1v) is 7.53. The molecule has 1 saturated carbocycles. The molecule has 2 unspecified atom stereocenters. The highest BCUT2D eigenvalue weighted by atomic mass is 127. The summed E-state index contributed by atoms with van der Waals surface area (Å²) in [5.74, 6) is 0.568. The Morgan fingerprint density at radius 1 is 1.41 bits per heavy atom. The van der Waals surface area contributed by atoms with E-state index in [4.69, 9.17) is 0 Å². The molecule has 1 aromatic carbocycles. The first-order valence-electron chi connectivity index (χ1n) is 7.53. The lowest BCUT2D eigenvalue weighted by Gasteiger charge is -2.28. The fourth-order valence-electron chi connectivity index (χ4n) is 2.80. The average molecular weight is 421 g/mol. The van der Waals surface area contributed by atoms with Crippen molar-refractivity contribution in [3.63, 3.8) is 0 Å². The Kier molecular flexibility index (Phi) is 7.92. The topological polar surface area (TPSA) is 56.7 Å². The van der Waals surface area contributed by atoms with Gasteiger partial charge in [-0.2, -0.15) is 0 Å². The molecule has 0 radical (unpaired) electrons. The number of phenolic OH excluding ortho intramolecular Hbond substituents is 1. The van der Waals surface area contributed by atoms with Crippen molar-refractivity contribution >= 4 is 29.9 Å². The molecule has 0 aliphatic heterocycles. The maximum Gasteiger partial charge on any atom is 0.191 e. The molecule has 1 aliphatic rings. The van der Waals surface area contributed by atoms with Crippen LogP contribution in [0.4, 0.5) is 4.39 Å². The van der Waals surface area contributed by atoms with E-state index < -0.39 is 5.82 Å². The first kappa shape index (κ1) is 19.0. The number of nitrogens with one attached hydrogen (secondary N) is 2. The van der Waals surface area contributed by atoms with Crippen molar-refractivity contribution in [3.8, 4) is 5.75 Å². The molecule has 0 saturated heterocycles. The highest BCUT2D eigenvalue weighted by Gasteiger charge is 2.19. The molecular formula is C16H25FIN3O. The third-order valence-electron chi connectivity index (χ3n) is 3.97. The van der Waals surface area contributed by atoms with Crippen molar-refractivity contribution in [2.24, 2.45) is 10.9 Å². The molecule has 0 aromatic heterocycles. The second-order valence-electron chi connectivity index (χ2n) is 5.82. The van der Waals surface area contributed by atoms with Crippen LogP contribution in [-0.4, -0.2) is 24.2 Å². The molecule has 6 heteroatoms. The summed E-state index contributed by atoms with van der Waals surface area (Å²) >= 11 is 0. The van der Waals surface area contributed by atoms with E-state index in [0.717, 1.165) is 23.9 Å². The second-order valence-corrected chi connectivity index (χ2v) is 5.82. The summed E-state index contributed by atoms with van der Waals surface area (Å²) in [6.07, 6.45) is 4.88. The number of nitrogens with zero attached hydrogens (tertiary/aromatic N) is 1. The maximum atomic E-state index is 13.3. The number of hydrogen-bond donors (Lipinski definition) is 3. The molecule has 124 valence electrons. The van der Waals surface area contributed by atoms with E-state index in [1.165, 1.54) is 31.4 Å². The third kappa shape index (κ3) is 5.62. The van der Waals surface area contributed by atoms with Crippen LogP contribution < -0.4 is 10.6 Å². The van der Waals surface area contributed by atoms with E-state index in [9.17, 15) is 9.50 Å². The highest BCUT2D eigenvalue weighted by Crippen LogP contribution is 2.23. The Labute approximate surface area is 148 Å². The minimum atomic E-state index is -0.599. The van der Waals surface area contributed by atoms with E-state index in [1.807, 2.05) is 0 Å². The Balaban J connectivity index is 0.00000242. The lowest BCUT2D eigenvalue weighted by molar-refractivity contribution is 0.324. The van der Waals surface area contributed by atoms with Gasteiger partial charge in [-0.1, -0.05) is 25.8 Å². The Bertz CT molecular complexity index is 510. The molecule has 2 atom stereocenters. The van der Waals surface area contributed by atoms with Gasteiger partial charge in [0.15, 0.2) is 17.5 Å². The molecule has 1 fully saturated rings. The van der Waals surface area contributed by atoms with Gasteiger partial charge < -0.3 is 15.7 Å². The fraction of sp³-hybridized carbons (Fsp3) is 0.562. The van der Waals surface area contributed by atoms with E-state index in [2.05, 4.69) is 22.5 Å². The van der Waals surface area contributed by atoms with Gasteiger partial charge in [-0.25, -0.2) is 4.39 Å². The van der Waals surface area contributed by atoms with Crippen LogP contribution in [0.25, 0.3) is 0 Å². The Morgan fingerprint density at radius 2 is 2.18 bits per heavy atom. The van der Waals surface area contributed by atoms with Crippen LogP contribution >= 0.6 is 24.0 Å². The Hall–Kier alpha value is -1.05. The Morgan fingerprint density at radius 3 is 2.82 bits per heavy atom. The molecule has 1 aliphatic carbocycles. The van der Waals surface area contributed by atoms with Gasteiger partial charge in [0.1, 0.15) is 0 Å². The van der Waals surface area contributed by atoms with Crippen LogP contribution in [0.3, 0.4) is 0 Å². The molecule has 3 N–H and O–H groups in total. The third-order valence-corrected chi connectivity index (χ3v) is 3.97. The summed E-state index contributed by atoms with van der Waals surface area (Å²) in [6.45, 7) is 2.75. The van der Waals surface area contributed by atoms with E-state index in [-0.39, 0.29) is 29.7 Å². The molecule has 0 bridgehead atoms. The van der Waals surface area contributed by atoms with Crippen molar-refractivity contribution in [2.45, 2.75) is 45.2 Å². The zero-order valence-electron chi connectivity index (χ0n) is 13.1. The van der Waals surface area contributed by atoms with Gasteiger partial charge in [0.25, 0.3) is 0 Å². The maximum absolute atomic E-state index is 13.3. The monoisotopic (exact) mass is 421 g/mol. The number of hydrogen-bond acceptors (Lipinski definition) is 2. The standard InChI is InChI=1S/C16H24FN3O.HI/c1-11-4-3-5-13(8-11)20-16(18-2)19-10-12-6-7-15(21)14(17)9-12;/h6-7,9,11,13,21H,3-5,8,10H2,1-2H3,(H2,18,19,20);1H. The smallest absolute Gasteiger partial charge is 0.191 e. The van der Waals surface area contributed by atoms with Gasteiger partial charge in [-0.15, -0.1) is 24.0 Å². The summed E-state index contributed by atoms with van der Waals surface area (Å²) in [6, 6.07) is 4.85. The average Bonchev–Trinajstić information content (AvgIpc) is 2.47. The van der Waals surface area contributed by atoms with Gasteiger partial charge in [0.2, 0.25) is 0 Å². The molecule has 1 aromatic rings. The molecule has 0 amide bonds. The van der Waals surface area contributed by atoms with E-state index in [0.29, 0.717) is 12.6 Å². The van der Waals surface area contributed by atoms with Crippen LogP contribution in [0, 0.1) is 11.7 Å². The van der Waals surface area contributed by atoms with Crippen LogP contribution in [0.15, 0.2) is 23.2 Å². The number of benzene rings is 1. The van der Waals surface area contributed by atoms with Crippen LogP contribution in [0.5, 0.6) is 5.75 Å². The van der Waals surface area contributed by atoms with Gasteiger partial charge in [0.05, 0.1) is 0 Å². The molecule has 22 heavy (non-hydrogen) atoms. The molecular weight excluding hydrogens is 396 g/mol. The first-order chi connectivity index (χ1) is 10.1. The normalized spacial score (nSPS) is 21.9. The summed E-state index contributed by atoms with van der Waals surface area (Å²) in [5.41, 5.74) is 0.769. The molecule has 4 nitrogen and oxygen atoms in total. The molecule has 0 spiro atoms. The van der Waals surface area contributed by atoms with Crippen molar-refractivity contribution in [1.29, 1.82) is 0 Å². The lowest BCUT2D eigenvalue weighted by Crippen LogP contribution is -2.44. The summed E-state index contributed by atoms with van der Waals surface area (Å²) in [5, 5.41) is 15.8. The number of aliphatic imine (C=N–C) groups is 1. The van der Waals surface area contributed by atoms with Crippen LogP contribution in [0.1, 0.15) is 38.2 Å². The van der Waals surface area contributed by atoms with Crippen molar-refractivity contribution in [2.75, 3.05) is 7.05 Å². The number of guanidine groups is 1. The zero-order valence-corrected chi connectivity index (χ0v) is 15.4. The van der Waals surface area contributed by atoms with Gasteiger partial charge >= 0.3 is 0 Å². The van der Waals surface area contributed by atoms with Crippen molar-refractivity contribution in [1.82, 2.24) is 10.6 Å². The number of halogens is 2. The number of rotatable bonds is 3. The number of phenols is 1.